The third-order valence-corrected chi connectivity index (χ3v) is 3.52. The molecule has 0 aromatic heterocycles. The Hall–Kier alpha value is -0.470. The molecule has 0 radical (unpaired) electrons. The zero-order chi connectivity index (χ0) is 11.5. The summed E-state index contributed by atoms with van der Waals surface area (Å²) in [4.78, 5) is 0. The summed E-state index contributed by atoms with van der Waals surface area (Å²) in [6, 6.07) is 8.45. The molecule has 2 N–H and O–H groups in total. The van der Waals surface area contributed by atoms with E-state index < -0.39 is 0 Å². The van der Waals surface area contributed by atoms with Crippen LogP contribution in [0.5, 0.6) is 0 Å². The third kappa shape index (κ3) is 3.25. The van der Waals surface area contributed by atoms with Gasteiger partial charge in [-0.25, -0.2) is 0 Å². The fourth-order valence-corrected chi connectivity index (χ4v) is 1.95. The quantitative estimate of drug-likeness (QED) is 0.752. The van der Waals surface area contributed by atoms with Crippen molar-refractivity contribution in [1.82, 2.24) is 0 Å². The van der Waals surface area contributed by atoms with Crippen LogP contribution < -0.4 is 5.73 Å². The average molecular weight is 223 g/mol. The molecule has 1 unspecified atom stereocenters. The summed E-state index contributed by atoms with van der Waals surface area (Å²) in [7, 11) is 0. The van der Waals surface area contributed by atoms with Crippen LogP contribution in [0.25, 0.3) is 0 Å². The van der Waals surface area contributed by atoms with E-state index in [1.807, 2.05) is 13.8 Å². The standard InChI is InChI=1S/C13H21NS/c1-4-7-10-8-5-6-9-11(10)12(15)13(2,3)14/h5-6,8-9,12,15H,4,7,14H2,1-3H3. The lowest BCUT2D eigenvalue weighted by Gasteiger charge is -2.28. The van der Waals surface area contributed by atoms with Crippen LogP contribution in [0, 0.1) is 0 Å². The summed E-state index contributed by atoms with van der Waals surface area (Å²) in [5.74, 6) is 0. The second-order valence-electron chi connectivity index (χ2n) is 4.67. The van der Waals surface area contributed by atoms with E-state index in [2.05, 4.69) is 43.8 Å². The highest BCUT2D eigenvalue weighted by molar-refractivity contribution is 7.80. The monoisotopic (exact) mass is 223 g/mol. The van der Waals surface area contributed by atoms with E-state index in [0.717, 1.165) is 12.8 Å². The van der Waals surface area contributed by atoms with Gasteiger partial charge in [0.15, 0.2) is 0 Å². The number of aryl methyl sites for hydroxylation is 1. The largest absolute Gasteiger partial charge is 0.324 e. The number of rotatable bonds is 4. The fourth-order valence-electron chi connectivity index (χ4n) is 1.70. The highest BCUT2D eigenvalue weighted by atomic mass is 32.1. The molecular weight excluding hydrogens is 202 g/mol. The van der Waals surface area contributed by atoms with Gasteiger partial charge in [0, 0.05) is 10.8 Å². The molecule has 0 saturated heterocycles. The van der Waals surface area contributed by atoms with E-state index in [1.165, 1.54) is 11.1 Å². The highest BCUT2D eigenvalue weighted by Crippen LogP contribution is 2.32. The molecule has 0 aliphatic heterocycles. The van der Waals surface area contributed by atoms with E-state index in [4.69, 9.17) is 5.73 Å². The first-order chi connectivity index (χ1) is 6.96. The highest BCUT2D eigenvalue weighted by Gasteiger charge is 2.24. The number of hydrogen-bond acceptors (Lipinski definition) is 2. The number of nitrogens with two attached hydrogens (primary N) is 1. The number of hydrogen-bond donors (Lipinski definition) is 2. The lowest BCUT2D eigenvalue weighted by atomic mass is 9.91. The maximum atomic E-state index is 6.10. The van der Waals surface area contributed by atoms with Gasteiger partial charge in [-0.1, -0.05) is 37.6 Å². The van der Waals surface area contributed by atoms with Crippen molar-refractivity contribution in [1.29, 1.82) is 0 Å². The van der Waals surface area contributed by atoms with E-state index in [-0.39, 0.29) is 10.8 Å². The van der Waals surface area contributed by atoms with Gasteiger partial charge in [-0.05, 0) is 31.4 Å². The Morgan fingerprint density at radius 3 is 2.47 bits per heavy atom. The lowest BCUT2D eigenvalue weighted by molar-refractivity contribution is 0.506. The zero-order valence-electron chi connectivity index (χ0n) is 9.83. The Morgan fingerprint density at radius 1 is 1.33 bits per heavy atom. The number of thiol groups is 1. The molecular formula is C13H21NS. The molecule has 0 fully saturated rings. The summed E-state index contributed by atoms with van der Waals surface area (Å²) in [5.41, 5.74) is 8.46. The lowest BCUT2D eigenvalue weighted by Crippen LogP contribution is -2.37. The molecule has 1 rings (SSSR count). The van der Waals surface area contributed by atoms with Gasteiger partial charge >= 0.3 is 0 Å². The number of benzene rings is 1. The topological polar surface area (TPSA) is 26.0 Å². The predicted molar refractivity (Wildman–Crippen MR) is 70.4 cm³/mol. The van der Waals surface area contributed by atoms with Crippen molar-refractivity contribution in [3.05, 3.63) is 35.4 Å². The van der Waals surface area contributed by atoms with Gasteiger partial charge in [0.05, 0.1) is 0 Å². The normalized spacial score (nSPS) is 13.9. The van der Waals surface area contributed by atoms with Crippen LogP contribution in [0.2, 0.25) is 0 Å². The third-order valence-electron chi connectivity index (χ3n) is 2.57. The molecule has 0 aliphatic carbocycles. The minimum absolute atomic E-state index is 0.0975. The van der Waals surface area contributed by atoms with Crippen molar-refractivity contribution in [2.45, 2.75) is 44.4 Å². The van der Waals surface area contributed by atoms with Gasteiger partial charge in [-0.15, -0.1) is 0 Å². The van der Waals surface area contributed by atoms with Gasteiger partial charge in [0.2, 0.25) is 0 Å². The van der Waals surface area contributed by atoms with Crippen LogP contribution in [0.3, 0.4) is 0 Å². The van der Waals surface area contributed by atoms with Crippen molar-refractivity contribution in [2.24, 2.45) is 5.73 Å². The Balaban J connectivity index is 3.02. The molecule has 1 nitrogen and oxygen atoms in total. The van der Waals surface area contributed by atoms with E-state index in [9.17, 15) is 0 Å². The summed E-state index contributed by atoms with van der Waals surface area (Å²) in [6.07, 6.45) is 2.26. The molecule has 1 aromatic rings. The van der Waals surface area contributed by atoms with E-state index in [0.29, 0.717) is 0 Å². The second kappa shape index (κ2) is 5.04. The Labute approximate surface area is 98.5 Å². The Bertz CT molecular complexity index is 315. The van der Waals surface area contributed by atoms with Crippen LogP contribution in [-0.4, -0.2) is 5.54 Å². The van der Waals surface area contributed by atoms with Gasteiger partial charge in [-0.2, -0.15) is 12.6 Å². The van der Waals surface area contributed by atoms with Gasteiger partial charge in [0.25, 0.3) is 0 Å². The first-order valence-corrected chi connectivity index (χ1v) is 6.03. The first-order valence-electron chi connectivity index (χ1n) is 5.51. The second-order valence-corrected chi connectivity index (χ2v) is 5.19. The van der Waals surface area contributed by atoms with Crippen molar-refractivity contribution < 1.29 is 0 Å². The molecule has 84 valence electrons. The van der Waals surface area contributed by atoms with Crippen molar-refractivity contribution in [2.75, 3.05) is 0 Å². The molecule has 0 saturated carbocycles. The maximum absolute atomic E-state index is 6.10. The average Bonchev–Trinajstić information content (AvgIpc) is 2.17. The van der Waals surface area contributed by atoms with Gasteiger partial charge in [-0.3, -0.25) is 0 Å². The summed E-state index contributed by atoms with van der Waals surface area (Å²) < 4.78 is 0. The van der Waals surface area contributed by atoms with Crippen molar-refractivity contribution in [3.8, 4) is 0 Å². The van der Waals surface area contributed by atoms with E-state index in [1.54, 1.807) is 0 Å². The van der Waals surface area contributed by atoms with Crippen LogP contribution in [-0.2, 0) is 6.42 Å². The van der Waals surface area contributed by atoms with Crippen molar-refractivity contribution in [3.63, 3.8) is 0 Å². The fraction of sp³-hybridized carbons (Fsp3) is 0.538. The van der Waals surface area contributed by atoms with Crippen LogP contribution in [0.4, 0.5) is 0 Å². The molecule has 0 amide bonds. The van der Waals surface area contributed by atoms with Gasteiger partial charge < -0.3 is 5.73 Å². The first kappa shape index (κ1) is 12.6. The molecule has 2 heteroatoms. The molecule has 0 heterocycles. The predicted octanol–water partition coefficient (Wildman–Crippen LogP) is 3.35. The minimum Gasteiger partial charge on any atom is -0.324 e. The molecule has 0 spiro atoms. The zero-order valence-corrected chi connectivity index (χ0v) is 10.7. The molecule has 0 aliphatic rings. The molecule has 1 aromatic carbocycles. The SMILES string of the molecule is CCCc1ccccc1C(S)C(C)(C)N. The Morgan fingerprint density at radius 2 is 1.93 bits per heavy atom. The van der Waals surface area contributed by atoms with Gasteiger partial charge in [0.1, 0.15) is 0 Å². The molecule has 15 heavy (non-hydrogen) atoms. The maximum Gasteiger partial charge on any atom is 0.0444 e. The summed E-state index contributed by atoms with van der Waals surface area (Å²) >= 11 is 4.64. The van der Waals surface area contributed by atoms with Crippen LogP contribution in [0.1, 0.15) is 43.6 Å². The smallest absolute Gasteiger partial charge is 0.0444 e. The summed E-state index contributed by atoms with van der Waals surface area (Å²) in [6.45, 7) is 6.23. The summed E-state index contributed by atoms with van der Waals surface area (Å²) in [5, 5.41) is 0.0975. The minimum atomic E-state index is -0.285. The van der Waals surface area contributed by atoms with Crippen molar-refractivity contribution >= 4 is 12.6 Å². The van der Waals surface area contributed by atoms with Crippen LogP contribution in [0.15, 0.2) is 24.3 Å². The van der Waals surface area contributed by atoms with Crippen LogP contribution >= 0.6 is 12.6 Å². The molecule has 1 atom stereocenters. The molecule has 0 bridgehead atoms. The Kier molecular flexibility index (Phi) is 4.23. The van der Waals surface area contributed by atoms with E-state index >= 15 is 0 Å².